The number of nitrogens with zero attached hydrogens (tertiary/aromatic N) is 1. The summed E-state index contributed by atoms with van der Waals surface area (Å²) < 4.78 is 0. The lowest BCUT2D eigenvalue weighted by molar-refractivity contribution is 0.231. The van der Waals surface area contributed by atoms with Crippen molar-refractivity contribution in [3.05, 3.63) is 23.8 Å². The molecular weight excluding hydrogens is 232 g/mol. The van der Waals surface area contributed by atoms with Gasteiger partial charge in [-0.25, -0.2) is 0 Å². The molecule has 1 aliphatic heterocycles. The van der Waals surface area contributed by atoms with Gasteiger partial charge in [-0.05, 0) is 67.7 Å². The van der Waals surface area contributed by atoms with E-state index >= 15 is 0 Å². The maximum absolute atomic E-state index is 3.66. The standard InChI is InChI=1S/C17H24N2/c1-19(2)13-3-4-15-14(11-13)17(12-18-15)9-7-16(5-6-16)8-10-17/h3-4,11,18H,5-10,12H2,1-2H3. The monoisotopic (exact) mass is 256 g/mol. The van der Waals surface area contributed by atoms with Crippen molar-refractivity contribution in [1.29, 1.82) is 0 Å². The maximum Gasteiger partial charge on any atom is 0.0380 e. The van der Waals surface area contributed by atoms with E-state index < -0.39 is 0 Å². The Kier molecular flexibility index (Phi) is 2.25. The van der Waals surface area contributed by atoms with Crippen molar-refractivity contribution < 1.29 is 0 Å². The number of anilines is 2. The van der Waals surface area contributed by atoms with Gasteiger partial charge in [0, 0.05) is 37.4 Å². The molecule has 0 bridgehead atoms. The Hall–Kier alpha value is -1.18. The van der Waals surface area contributed by atoms with Gasteiger partial charge in [-0.15, -0.1) is 0 Å². The molecule has 4 rings (SSSR count). The summed E-state index contributed by atoms with van der Waals surface area (Å²) in [5.41, 5.74) is 5.54. The van der Waals surface area contributed by atoms with E-state index in [0.717, 1.165) is 12.0 Å². The van der Waals surface area contributed by atoms with Crippen LogP contribution in [0.25, 0.3) is 0 Å². The van der Waals surface area contributed by atoms with Crippen LogP contribution in [0, 0.1) is 5.41 Å². The largest absolute Gasteiger partial charge is 0.384 e. The zero-order valence-corrected chi connectivity index (χ0v) is 12.1. The summed E-state index contributed by atoms with van der Waals surface area (Å²) >= 11 is 0. The van der Waals surface area contributed by atoms with Gasteiger partial charge in [0.15, 0.2) is 0 Å². The Labute approximate surface area is 116 Å². The molecule has 19 heavy (non-hydrogen) atoms. The summed E-state index contributed by atoms with van der Waals surface area (Å²) in [5, 5.41) is 3.66. The number of nitrogens with one attached hydrogen (secondary N) is 1. The van der Waals surface area contributed by atoms with E-state index in [1.165, 1.54) is 49.9 Å². The molecule has 1 heterocycles. The highest BCUT2D eigenvalue weighted by Gasteiger charge is 2.51. The van der Waals surface area contributed by atoms with Gasteiger partial charge < -0.3 is 10.2 Å². The average Bonchev–Trinajstić information content (AvgIpc) is 3.10. The Balaban J connectivity index is 1.68. The third-order valence-electron chi connectivity index (χ3n) is 5.93. The lowest BCUT2D eigenvalue weighted by atomic mass is 9.66. The van der Waals surface area contributed by atoms with Gasteiger partial charge in [-0.2, -0.15) is 0 Å². The Morgan fingerprint density at radius 1 is 1.00 bits per heavy atom. The third kappa shape index (κ3) is 1.69. The average molecular weight is 256 g/mol. The number of benzene rings is 1. The predicted octanol–water partition coefficient (Wildman–Crippen LogP) is 3.77. The first kappa shape index (κ1) is 11.6. The van der Waals surface area contributed by atoms with Gasteiger partial charge in [0.25, 0.3) is 0 Å². The van der Waals surface area contributed by atoms with Crippen molar-refractivity contribution in [3.8, 4) is 0 Å². The van der Waals surface area contributed by atoms with E-state index in [2.05, 4.69) is 42.5 Å². The molecule has 2 heteroatoms. The molecule has 102 valence electrons. The van der Waals surface area contributed by atoms with Crippen LogP contribution in [0.2, 0.25) is 0 Å². The van der Waals surface area contributed by atoms with E-state index in [4.69, 9.17) is 0 Å². The molecule has 0 unspecified atom stereocenters. The molecule has 1 aromatic rings. The molecule has 2 fully saturated rings. The summed E-state index contributed by atoms with van der Waals surface area (Å²) in [6.07, 6.45) is 8.70. The van der Waals surface area contributed by atoms with E-state index in [1.54, 1.807) is 5.56 Å². The van der Waals surface area contributed by atoms with Crippen LogP contribution in [0.5, 0.6) is 0 Å². The van der Waals surface area contributed by atoms with Crippen molar-refractivity contribution >= 4 is 11.4 Å². The van der Waals surface area contributed by atoms with Crippen molar-refractivity contribution in [3.63, 3.8) is 0 Å². The fourth-order valence-electron chi connectivity index (χ4n) is 4.14. The molecule has 0 aromatic heterocycles. The Morgan fingerprint density at radius 2 is 1.68 bits per heavy atom. The quantitative estimate of drug-likeness (QED) is 0.823. The van der Waals surface area contributed by atoms with Crippen LogP contribution in [-0.4, -0.2) is 20.6 Å². The van der Waals surface area contributed by atoms with Crippen LogP contribution < -0.4 is 10.2 Å². The lowest BCUT2D eigenvalue weighted by Crippen LogP contribution is -2.34. The normalized spacial score (nSPS) is 25.2. The van der Waals surface area contributed by atoms with Crippen LogP contribution in [0.3, 0.4) is 0 Å². The minimum absolute atomic E-state index is 0.440. The summed E-state index contributed by atoms with van der Waals surface area (Å²) in [5.74, 6) is 0. The van der Waals surface area contributed by atoms with Gasteiger partial charge in [-0.3, -0.25) is 0 Å². The SMILES string of the molecule is CN(C)c1ccc2c(c1)C1(CCC3(CC3)CC1)CN2. The molecule has 2 nitrogen and oxygen atoms in total. The second kappa shape index (κ2) is 3.68. The van der Waals surface area contributed by atoms with Gasteiger partial charge in [0.2, 0.25) is 0 Å². The summed E-state index contributed by atoms with van der Waals surface area (Å²) in [7, 11) is 4.27. The molecular formula is C17H24N2. The van der Waals surface area contributed by atoms with Crippen molar-refractivity contribution in [2.75, 3.05) is 30.9 Å². The van der Waals surface area contributed by atoms with Crippen LogP contribution in [0.15, 0.2) is 18.2 Å². The van der Waals surface area contributed by atoms with Crippen LogP contribution in [0.1, 0.15) is 44.1 Å². The minimum atomic E-state index is 0.440. The van der Waals surface area contributed by atoms with E-state index in [1.807, 2.05) is 0 Å². The molecule has 0 saturated heterocycles. The molecule has 2 saturated carbocycles. The van der Waals surface area contributed by atoms with Crippen molar-refractivity contribution in [2.45, 2.75) is 43.9 Å². The van der Waals surface area contributed by atoms with Gasteiger partial charge in [-0.1, -0.05) is 0 Å². The van der Waals surface area contributed by atoms with E-state index in [9.17, 15) is 0 Å². The number of fused-ring (bicyclic) bond motifs is 2. The molecule has 2 spiro atoms. The molecule has 2 aliphatic carbocycles. The van der Waals surface area contributed by atoms with Crippen molar-refractivity contribution in [1.82, 2.24) is 0 Å². The maximum atomic E-state index is 3.66. The highest BCUT2D eigenvalue weighted by Crippen LogP contribution is 2.61. The zero-order chi connectivity index (χ0) is 13.1. The second-order valence-corrected chi connectivity index (χ2v) is 7.26. The highest BCUT2D eigenvalue weighted by atomic mass is 15.1. The minimum Gasteiger partial charge on any atom is -0.384 e. The molecule has 0 atom stereocenters. The number of hydrogen-bond acceptors (Lipinski definition) is 2. The van der Waals surface area contributed by atoms with E-state index in [-0.39, 0.29) is 0 Å². The van der Waals surface area contributed by atoms with Crippen LogP contribution in [-0.2, 0) is 5.41 Å². The van der Waals surface area contributed by atoms with Crippen LogP contribution >= 0.6 is 0 Å². The van der Waals surface area contributed by atoms with E-state index in [0.29, 0.717) is 5.41 Å². The fraction of sp³-hybridized carbons (Fsp3) is 0.647. The number of rotatable bonds is 1. The molecule has 1 N–H and O–H groups in total. The topological polar surface area (TPSA) is 15.3 Å². The van der Waals surface area contributed by atoms with Crippen LogP contribution in [0.4, 0.5) is 11.4 Å². The molecule has 0 amide bonds. The Bertz CT molecular complexity index is 504. The van der Waals surface area contributed by atoms with Gasteiger partial charge >= 0.3 is 0 Å². The highest BCUT2D eigenvalue weighted by molar-refractivity contribution is 5.66. The molecule has 1 aromatic carbocycles. The predicted molar refractivity (Wildman–Crippen MR) is 81.1 cm³/mol. The second-order valence-electron chi connectivity index (χ2n) is 7.26. The van der Waals surface area contributed by atoms with Gasteiger partial charge in [0.1, 0.15) is 0 Å². The third-order valence-corrected chi connectivity index (χ3v) is 5.93. The lowest BCUT2D eigenvalue weighted by Gasteiger charge is -2.38. The molecule has 3 aliphatic rings. The van der Waals surface area contributed by atoms with Crippen molar-refractivity contribution in [2.24, 2.45) is 5.41 Å². The first-order valence-electron chi connectivity index (χ1n) is 7.68. The summed E-state index contributed by atoms with van der Waals surface area (Å²) in [6.45, 7) is 1.16. The summed E-state index contributed by atoms with van der Waals surface area (Å²) in [4.78, 5) is 2.22. The first-order valence-corrected chi connectivity index (χ1v) is 7.68. The summed E-state index contributed by atoms with van der Waals surface area (Å²) in [6, 6.07) is 6.94. The number of hydrogen-bond donors (Lipinski definition) is 1. The zero-order valence-electron chi connectivity index (χ0n) is 12.1. The fourth-order valence-corrected chi connectivity index (χ4v) is 4.14. The Morgan fingerprint density at radius 3 is 2.32 bits per heavy atom. The first-order chi connectivity index (χ1) is 9.13. The molecule has 0 radical (unpaired) electrons. The van der Waals surface area contributed by atoms with Gasteiger partial charge in [0.05, 0.1) is 0 Å². The smallest absolute Gasteiger partial charge is 0.0380 e.